The lowest BCUT2D eigenvalue weighted by molar-refractivity contribution is -0.151. The Hall–Kier alpha value is -0.220. The third kappa shape index (κ3) is 5.21. The molecule has 94 valence electrons. The number of esters is 1. The first-order chi connectivity index (χ1) is 7.31. The Balaban J connectivity index is 2.18. The minimum absolute atomic E-state index is 0.195. The van der Waals surface area contributed by atoms with Crippen LogP contribution in [0.1, 0.15) is 46.5 Å². The molecule has 0 spiro atoms. The van der Waals surface area contributed by atoms with Crippen molar-refractivity contribution in [1.29, 1.82) is 0 Å². The summed E-state index contributed by atoms with van der Waals surface area (Å²) in [5, 5.41) is 10.1. The number of hydrogen-bond donors (Lipinski definition) is 1. The Morgan fingerprint density at radius 1 is 1.38 bits per heavy atom. The molecule has 1 aliphatic rings. The molecule has 0 heterocycles. The van der Waals surface area contributed by atoms with E-state index in [4.69, 9.17) is 4.74 Å². The van der Waals surface area contributed by atoms with Gasteiger partial charge in [-0.3, -0.25) is 4.79 Å². The molecule has 0 radical (unpaired) electrons. The second kappa shape index (κ2) is 5.41. The van der Waals surface area contributed by atoms with Crippen LogP contribution in [-0.2, 0) is 9.53 Å². The van der Waals surface area contributed by atoms with E-state index in [-0.39, 0.29) is 5.97 Å². The molecule has 0 aliphatic heterocycles. The molecule has 1 aliphatic carbocycles. The molecule has 1 rings (SSSR count). The molecule has 0 bridgehead atoms. The van der Waals surface area contributed by atoms with Gasteiger partial charge < -0.3 is 9.84 Å². The molecule has 0 saturated heterocycles. The van der Waals surface area contributed by atoms with Crippen molar-refractivity contribution < 1.29 is 14.6 Å². The molecule has 1 saturated carbocycles. The normalized spacial score (nSPS) is 19.8. The molecule has 0 aromatic carbocycles. The molecule has 1 N–H and O–H groups in total. The summed E-state index contributed by atoms with van der Waals surface area (Å²) in [7, 11) is 0. The van der Waals surface area contributed by atoms with E-state index in [1.165, 1.54) is 11.8 Å². The van der Waals surface area contributed by atoms with E-state index in [0.29, 0.717) is 11.5 Å². The molecular formula is C12H22O3S. The Bertz CT molecular complexity index is 239. The average Bonchev–Trinajstić information content (AvgIpc) is 2.49. The largest absolute Gasteiger partial charge is 0.459 e. The molecule has 0 amide bonds. The van der Waals surface area contributed by atoms with Crippen LogP contribution in [0.3, 0.4) is 0 Å². The summed E-state index contributed by atoms with van der Waals surface area (Å²) in [6.07, 6.45) is 3.94. The maximum atomic E-state index is 11.4. The van der Waals surface area contributed by atoms with Gasteiger partial charge in [0.2, 0.25) is 0 Å². The van der Waals surface area contributed by atoms with Crippen molar-refractivity contribution in [2.24, 2.45) is 0 Å². The van der Waals surface area contributed by atoms with Crippen LogP contribution in [0.2, 0.25) is 0 Å². The van der Waals surface area contributed by atoms with Gasteiger partial charge in [0, 0.05) is 5.75 Å². The topological polar surface area (TPSA) is 46.5 Å². The predicted octanol–water partition coefficient (Wildman–Crippen LogP) is 2.37. The van der Waals surface area contributed by atoms with Crippen molar-refractivity contribution in [2.45, 2.75) is 57.7 Å². The molecule has 0 aromatic rings. The highest BCUT2D eigenvalue weighted by molar-refractivity contribution is 8.00. The maximum absolute atomic E-state index is 11.4. The van der Waals surface area contributed by atoms with Crippen molar-refractivity contribution >= 4 is 17.7 Å². The van der Waals surface area contributed by atoms with Crippen molar-refractivity contribution in [2.75, 3.05) is 11.5 Å². The smallest absolute Gasteiger partial charge is 0.316 e. The fourth-order valence-corrected chi connectivity index (χ4v) is 2.87. The van der Waals surface area contributed by atoms with Crippen molar-refractivity contribution in [1.82, 2.24) is 0 Å². The average molecular weight is 246 g/mol. The van der Waals surface area contributed by atoms with Crippen LogP contribution in [0.5, 0.6) is 0 Å². The van der Waals surface area contributed by atoms with Crippen LogP contribution in [0, 0.1) is 0 Å². The van der Waals surface area contributed by atoms with Crippen molar-refractivity contribution in [3.05, 3.63) is 0 Å². The molecule has 4 heteroatoms. The first-order valence-corrected chi connectivity index (χ1v) is 6.98. The van der Waals surface area contributed by atoms with Gasteiger partial charge in [-0.25, -0.2) is 0 Å². The molecule has 0 unspecified atom stereocenters. The fraction of sp³-hybridized carbons (Fsp3) is 0.917. The molecule has 0 aromatic heterocycles. The zero-order valence-electron chi connectivity index (χ0n) is 10.4. The highest BCUT2D eigenvalue weighted by atomic mass is 32.2. The summed E-state index contributed by atoms with van der Waals surface area (Å²) in [5.74, 6) is 0.783. The monoisotopic (exact) mass is 246 g/mol. The molecular weight excluding hydrogens is 224 g/mol. The van der Waals surface area contributed by atoms with Gasteiger partial charge in [-0.05, 0) is 33.6 Å². The standard InChI is InChI=1S/C12H22O3S/c1-11(2,3)15-10(13)8-16-9-12(14)6-4-5-7-12/h14H,4-9H2,1-3H3. The Kier molecular flexibility index (Phi) is 4.68. The lowest BCUT2D eigenvalue weighted by Gasteiger charge is -2.22. The number of carbonyl (C=O) groups is 1. The van der Waals surface area contributed by atoms with Gasteiger partial charge in [0.25, 0.3) is 0 Å². The minimum atomic E-state index is -0.535. The van der Waals surface area contributed by atoms with Gasteiger partial charge in [-0.1, -0.05) is 12.8 Å². The predicted molar refractivity (Wildman–Crippen MR) is 66.6 cm³/mol. The van der Waals surface area contributed by atoms with E-state index in [2.05, 4.69) is 0 Å². The van der Waals surface area contributed by atoms with Crippen LogP contribution in [0.15, 0.2) is 0 Å². The Morgan fingerprint density at radius 3 is 2.44 bits per heavy atom. The van der Waals surface area contributed by atoms with Gasteiger partial charge in [0.05, 0.1) is 11.4 Å². The number of rotatable bonds is 4. The van der Waals surface area contributed by atoms with E-state index in [1.54, 1.807) is 0 Å². The van der Waals surface area contributed by atoms with E-state index >= 15 is 0 Å². The second-order valence-electron chi connectivity index (χ2n) is 5.51. The highest BCUT2D eigenvalue weighted by Gasteiger charge is 2.31. The molecule has 3 nitrogen and oxygen atoms in total. The third-order valence-corrected chi connectivity index (χ3v) is 3.73. The number of carbonyl (C=O) groups excluding carboxylic acids is 1. The maximum Gasteiger partial charge on any atom is 0.316 e. The van der Waals surface area contributed by atoms with E-state index in [9.17, 15) is 9.90 Å². The van der Waals surface area contributed by atoms with E-state index in [0.717, 1.165) is 25.7 Å². The van der Waals surface area contributed by atoms with Crippen LogP contribution < -0.4 is 0 Å². The fourth-order valence-electron chi connectivity index (χ4n) is 1.87. The van der Waals surface area contributed by atoms with E-state index in [1.807, 2.05) is 20.8 Å². The third-order valence-electron chi connectivity index (χ3n) is 2.54. The molecule has 0 atom stereocenters. The molecule has 1 fully saturated rings. The van der Waals surface area contributed by atoms with Gasteiger partial charge in [-0.2, -0.15) is 0 Å². The summed E-state index contributed by atoms with van der Waals surface area (Å²) in [4.78, 5) is 11.4. The van der Waals surface area contributed by atoms with Crippen LogP contribution in [0.4, 0.5) is 0 Å². The number of thioether (sulfide) groups is 1. The van der Waals surface area contributed by atoms with Gasteiger partial charge in [0.1, 0.15) is 5.60 Å². The summed E-state index contributed by atoms with van der Waals surface area (Å²) in [5.41, 5.74) is -0.950. The number of ether oxygens (including phenoxy) is 1. The zero-order chi connectivity index (χ0) is 12.2. The van der Waals surface area contributed by atoms with Crippen LogP contribution in [0.25, 0.3) is 0 Å². The Morgan fingerprint density at radius 2 is 1.94 bits per heavy atom. The first-order valence-electron chi connectivity index (χ1n) is 5.83. The first kappa shape index (κ1) is 13.8. The van der Waals surface area contributed by atoms with Crippen LogP contribution >= 0.6 is 11.8 Å². The van der Waals surface area contributed by atoms with Crippen LogP contribution in [-0.4, -0.2) is 33.8 Å². The lowest BCUT2D eigenvalue weighted by Crippen LogP contribution is -2.29. The number of aliphatic hydroxyl groups is 1. The van der Waals surface area contributed by atoms with Gasteiger partial charge >= 0.3 is 5.97 Å². The van der Waals surface area contributed by atoms with Crippen molar-refractivity contribution in [3.63, 3.8) is 0 Å². The summed E-state index contributed by atoms with van der Waals surface area (Å²) < 4.78 is 5.19. The molecule has 16 heavy (non-hydrogen) atoms. The zero-order valence-corrected chi connectivity index (χ0v) is 11.2. The summed E-state index contributed by atoms with van der Waals surface area (Å²) in [6.45, 7) is 5.58. The highest BCUT2D eigenvalue weighted by Crippen LogP contribution is 2.32. The minimum Gasteiger partial charge on any atom is -0.459 e. The summed E-state index contributed by atoms with van der Waals surface area (Å²) in [6, 6.07) is 0. The van der Waals surface area contributed by atoms with Crippen molar-refractivity contribution in [3.8, 4) is 0 Å². The quantitative estimate of drug-likeness (QED) is 0.774. The second-order valence-corrected chi connectivity index (χ2v) is 6.50. The van der Waals surface area contributed by atoms with Gasteiger partial charge in [0.15, 0.2) is 0 Å². The lowest BCUT2D eigenvalue weighted by atomic mass is 10.1. The summed E-state index contributed by atoms with van der Waals surface area (Å²) >= 11 is 1.47. The van der Waals surface area contributed by atoms with E-state index < -0.39 is 11.2 Å². The Labute approximate surface area is 102 Å². The SMILES string of the molecule is CC(C)(C)OC(=O)CSCC1(O)CCCC1. The number of hydrogen-bond acceptors (Lipinski definition) is 4. The van der Waals surface area contributed by atoms with Gasteiger partial charge in [-0.15, -0.1) is 11.8 Å².